The number of fused-ring (bicyclic) bond motifs is 4. The maximum Gasteiger partial charge on any atom is 0.338 e. The topological polar surface area (TPSA) is 123 Å². The summed E-state index contributed by atoms with van der Waals surface area (Å²) in [5, 5.41) is 23.7. The van der Waals surface area contributed by atoms with Crippen molar-refractivity contribution in [2.45, 2.75) is 57.3 Å². The monoisotopic (exact) mass is 570 g/mol. The van der Waals surface area contributed by atoms with E-state index in [-0.39, 0.29) is 17.4 Å². The van der Waals surface area contributed by atoms with Gasteiger partial charge in [0.15, 0.2) is 6.10 Å². The molecule has 0 saturated heterocycles. The molecule has 3 aliphatic carbocycles. The highest BCUT2D eigenvalue weighted by Crippen LogP contribution is 2.66. The van der Waals surface area contributed by atoms with Crippen molar-refractivity contribution in [1.29, 1.82) is 0 Å². The Morgan fingerprint density at radius 3 is 2.10 bits per heavy atom. The van der Waals surface area contributed by atoms with Crippen LogP contribution in [0.1, 0.15) is 65.1 Å². The number of carboxylic acid groups (broad SMARTS) is 1. The number of hydrogen-bond acceptors (Lipinski definition) is 7. The molecule has 0 unspecified atom stereocenters. The summed E-state index contributed by atoms with van der Waals surface area (Å²) < 4.78 is 18.3. The molecule has 2 N–H and O–H groups in total. The molecule has 1 aromatic heterocycles. The summed E-state index contributed by atoms with van der Waals surface area (Å²) in [4.78, 5) is 40.3. The minimum absolute atomic E-state index is 0.215. The van der Waals surface area contributed by atoms with Gasteiger partial charge in [-0.05, 0) is 61.1 Å². The van der Waals surface area contributed by atoms with E-state index >= 15 is 0 Å². The fourth-order valence-electron chi connectivity index (χ4n) is 7.94. The maximum atomic E-state index is 13.7. The first-order chi connectivity index (χ1) is 20.0. The molecular weight excluding hydrogens is 536 g/mol. The van der Waals surface area contributed by atoms with Gasteiger partial charge < -0.3 is 24.1 Å². The summed E-state index contributed by atoms with van der Waals surface area (Å²) in [6.45, 7) is 5.30. The number of carbonyl (C=O) groups is 3. The van der Waals surface area contributed by atoms with E-state index in [0.29, 0.717) is 18.4 Å². The minimum Gasteiger partial charge on any atom is -0.481 e. The quantitative estimate of drug-likeness (QED) is 0.308. The molecule has 1 heterocycles. The highest BCUT2D eigenvalue weighted by atomic mass is 16.6. The van der Waals surface area contributed by atoms with E-state index in [1.807, 2.05) is 19.9 Å². The number of allylic oxidation sites excluding steroid dienone is 1. The molecule has 42 heavy (non-hydrogen) atoms. The Labute approximate surface area is 244 Å². The van der Waals surface area contributed by atoms with Crippen molar-refractivity contribution >= 4 is 17.9 Å². The maximum absolute atomic E-state index is 13.7. The molecule has 8 atom stereocenters. The normalized spacial score (nSPS) is 34.8. The van der Waals surface area contributed by atoms with Crippen LogP contribution in [-0.2, 0) is 20.7 Å². The average molecular weight is 571 g/mol. The predicted molar refractivity (Wildman–Crippen MR) is 152 cm³/mol. The lowest BCUT2D eigenvalue weighted by Crippen LogP contribution is -2.78. The number of aliphatic carboxylic acids is 1. The van der Waals surface area contributed by atoms with Crippen molar-refractivity contribution in [3.05, 3.63) is 108 Å². The first-order valence-electron chi connectivity index (χ1n) is 14.2. The van der Waals surface area contributed by atoms with Gasteiger partial charge in [0.2, 0.25) is 0 Å². The molecule has 0 amide bonds. The summed E-state index contributed by atoms with van der Waals surface area (Å²) in [5.41, 5.74) is -3.68. The van der Waals surface area contributed by atoms with E-state index in [4.69, 9.17) is 13.9 Å². The summed E-state index contributed by atoms with van der Waals surface area (Å²) in [7, 11) is 0. The van der Waals surface area contributed by atoms with E-state index in [1.54, 1.807) is 73.0 Å². The van der Waals surface area contributed by atoms with Crippen molar-refractivity contribution < 1.29 is 38.5 Å². The zero-order valence-electron chi connectivity index (χ0n) is 23.7. The molecule has 0 aliphatic heterocycles. The van der Waals surface area contributed by atoms with Crippen LogP contribution in [0, 0.1) is 22.7 Å². The van der Waals surface area contributed by atoms with E-state index in [1.165, 1.54) is 13.0 Å². The second kappa shape index (κ2) is 9.98. The summed E-state index contributed by atoms with van der Waals surface area (Å²) in [5.74, 6) is -2.93. The largest absolute Gasteiger partial charge is 0.481 e. The van der Waals surface area contributed by atoms with E-state index in [2.05, 4.69) is 0 Å². The van der Waals surface area contributed by atoms with Crippen LogP contribution in [0.3, 0.4) is 0 Å². The molecule has 6 rings (SSSR count). The molecular formula is C34H34O8. The average Bonchev–Trinajstić information content (AvgIpc) is 3.47. The van der Waals surface area contributed by atoms with Gasteiger partial charge in [0, 0.05) is 17.8 Å². The molecule has 0 radical (unpaired) electrons. The van der Waals surface area contributed by atoms with Gasteiger partial charge >= 0.3 is 17.9 Å². The Hall–Kier alpha value is -4.17. The standard InChI is InChI=1S/C34H34O8/c1-20-23-15-18-40-25(23)19-24-26(20)27(41-29(35)21-11-6-4-7-12-21)28(42-30(36)22-13-8-5-9-14-22)34(39)32(24,2)16-10-17-33(34,3)31(37)38/h4-15,17-18,20,24,26-28,39H,16,19H2,1-3H3,(H,37,38)/t20-,24-,26-,27+,28+,32+,33+,34-/m0/s1. The van der Waals surface area contributed by atoms with Gasteiger partial charge in [-0.25, -0.2) is 9.59 Å². The second-order valence-corrected chi connectivity index (χ2v) is 12.2. The van der Waals surface area contributed by atoms with Crippen LogP contribution < -0.4 is 0 Å². The number of rotatable bonds is 5. The predicted octanol–water partition coefficient (Wildman–Crippen LogP) is 5.42. The Bertz CT molecular complexity index is 1540. The van der Waals surface area contributed by atoms with E-state index in [0.717, 1.165) is 11.3 Å². The Balaban J connectivity index is 1.57. The number of aliphatic hydroxyl groups is 1. The zero-order valence-corrected chi connectivity index (χ0v) is 23.7. The third-order valence-corrected chi connectivity index (χ3v) is 10.2. The van der Waals surface area contributed by atoms with Crippen LogP contribution in [0.15, 0.2) is 89.6 Å². The number of benzene rings is 2. The first kappa shape index (κ1) is 28.0. The number of carbonyl (C=O) groups excluding carboxylic acids is 2. The third-order valence-electron chi connectivity index (χ3n) is 10.2. The second-order valence-electron chi connectivity index (χ2n) is 12.2. The Morgan fingerprint density at radius 2 is 1.50 bits per heavy atom. The van der Waals surface area contributed by atoms with Gasteiger partial charge in [0.05, 0.1) is 17.4 Å². The van der Waals surface area contributed by atoms with Crippen molar-refractivity contribution in [3.63, 3.8) is 0 Å². The van der Waals surface area contributed by atoms with Crippen LogP contribution in [0.2, 0.25) is 0 Å². The van der Waals surface area contributed by atoms with Gasteiger partial charge in [-0.2, -0.15) is 0 Å². The van der Waals surface area contributed by atoms with Gasteiger partial charge in [0.1, 0.15) is 22.9 Å². The lowest BCUT2D eigenvalue weighted by molar-refractivity contribution is -0.292. The number of carboxylic acids is 1. The Kier molecular flexibility index (Phi) is 6.65. The number of furan rings is 1. The molecule has 3 aromatic rings. The van der Waals surface area contributed by atoms with Crippen LogP contribution in [0.4, 0.5) is 0 Å². The molecule has 0 spiro atoms. The molecule has 8 heteroatoms. The molecule has 218 valence electrons. The third kappa shape index (κ3) is 3.88. The fourth-order valence-corrected chi connectivity index (χ4v) is 7.94. The molecule has 2 aromatic carbocycles. The van der Waals surface area contributed by atoms with Gasteiger partial charge in [0.25, 0.3) is 0 Å². The van der Waals surface area contributed by atoms with E-state index < -0.39 is 52.5 Å². The van der Waals surface area contributed by atoms with Crippen LogP contribution in [-0.4, -0.2) is 45.9 Å². The highest BCUT2D eigenvalue weighted by molar-refractivity contribution is 5.91. The van der Waals surface area contributed by atoms with Crippen molar-refractivity contribution in [2.75, 3.05) is 0 Å². The summed E-state index contributed by atoms with van der Waals surface area (Å²) in [6, 6.07) is 18.6. The lowest BCUT2D eigenvalue weighted by atomic mass is 9.41. The van der Waals surface area contributed by atoms with Gasteiger partial charge in [-0.15, -0.1) is 0 Å². The molecule has 1 fully saturated rings. The minimum atomic E-state index is -2.17. The van der Waals surface area contributed by atoms with Crippen LogP contribution in [0.25, 0.3) is 0 Å². The summed E-state index contributed by atoms with van der Waals surface area (Å²) in [6.07, 6.45) is 2.93. The van der Waals surface area contributed by atoms with Crippen molar-refractivity contribution in [3.8, 4) is 0 Å². The van der Waals surface area contributed by atoms with Crippen molar-refractivity contribution in [1.82, 2.24) is 0 Å². The summed E-state index contributed by atoms with van der Waals surface area (Å²) >= 11 is 0. The smallest absolute Gasteiger partial charge is 0.338 e. The molecule has 3 aliphatic rings. The fraction of sp³-hybridized carbons (Fsp3) is 0.382. The molecule has 1 saturated carbocycles. The van der Waals surface area contributed by atoms with E-state index in [9.17, 15) is 24.6 Å². The molecule has 8 nitrogen and oxygen atoms in total. The van der Waals surface area contributed by atoms with Crippen LogP contribution >= 0.6 is 0 Å². The van der Waals surface area contributed by atoms with Gasteiger partial charge in [-0.1, -0.05) is 62.4 Å². The van der Waals surface area contributed by atoms with Crippen LogP contribution in [0.5, 0.6) is 0 Å². The van der Waals surface area contributed by atoms with Crippen molar-refractivity contribution in [2.24, 2.45) is 22.7 Å². The highest BCUT2D eigenvalue weighted by Gasteiger charge is 2.76. The lowest BCUT2D eigenvalue weighted by Gasteiger charge is -2.66. The van der Waals surface area contributed by atoms with Gasteiger partial charge in [-0.3, -0.25) is 4.79 Å². The number of ether oxygens (including phenoxy) is 2. The number of hydrogen-bond donors (Lipinski definition) is 2. The SMILES string of the molecule is C[C@H]1c2ccoc2C[C@H]2[C@H]1[C@@H](OC(=O)c1ccccc1)[C@@H](OC(=O)c1ccccc1)[C@@]1(O)[C@@](C)(C(=O)O)C=CC[C@]21C. The first-order valence-corrected chi connectivity index (χ1v) is 14.2. The Morgan fingerprint density at radius 1 is 0.905 bits per heavy atom. The molecule has 0 bridgehead atoms. The zero-order chi connectivity index (χ0) is 29.9. The number of esters is 2.